The van der Waals surface area contributed by atoms with Crippen LogP contribution in [0.5, 0.6) is 0 Å². The summed E-state index contributed by atoms with van der Waals surface area (Å²) in [6.07, 6.45) is 2.45. The predicted octanol–water partition coefficient (Wildman–Crippen LogP) is 1.57. The van der Waals surface area contributed by atoms with Crippen LogP contribution in [-0.2, 0) is 9.84 Å². The zero-order chi connectivity index (χ0) is 13.2. The summed E-state index contributed by atoms with van der Waals surface area (Å²) in [6, 6.07) is 0.305. The van der Waals surface area contributed by atoms with Crippen molar-refractivity contribution in [2.45, 2.75) is 44.3 Å². The Bertz CT molecular complexity index is 495. The zero-order valence-electron chi connectivity index (χ0n) is 10.7. The van der Waals surface area contributed by atoms with E-state index in [-0.39, 0.29) is 11.2 Å². The van der Waals surface area contributed by atoms with Crippen LogP contribution in [-0.4, -0.2) is 36.1 Å². The Kier molecular flexibility index (Phi) is 3.89. The summed E-state index contributed by atoms with van der Waals surface area (Å²) >= 11 is 0. The maximum absolute atomic E-state index is 11.8. The van der Waals surface area contributed by atoms with Crippen LogP contribution >= 0.6 is 0 Å². The number of sulfone groups is 1. The molecule has 0 amide bonds. The van der Waals surface area contributed by atoms with E-state index in [1.54, 1.807) is 0 Å². The molecular formula is C11H19N3O3S. The number of rotatable bonds is 4. The number of aromatic nitrogens is 2. The van der Waals surface area contributed by atoms with Crippen molar-refractivity contribution in [1.82, 2.24) is 10.1 Å². The molecule has 0 aromatic carbocycles. The molecule has 1 aliphatic rings. The van der Waals surface area contributed by atoms with Crippen LogP contribution in [0.3, 0.4) is 0 Å². The maximum Gasteiger partial charge on any atom is 0.321 e. The summed E-state index contributed by atoms with van der Waals surface area (Å²) < 4.78 is 28.6. The van der Waals surface area contributed by atoms with Crippen LogP contribution in [0.25, 0.3) is 0 Å². The minimum absolute atomic E-state index is 0.197. The van der Waals surface area contributed by atoms with Crippen LogP contribution in [0.1, 0.15) is 44.9 Å². The van der Waals surface area contributed by atoms with Crippen molar-refractivity contribution in [3.63, 3.8) is 0 Å². The zero-order valence-corrected chi connectivity index (χ0v) is 11.5. The monoisotopic (exact) mass is 273 g/mol. The van der Waals surface area contributed by atoms with Crippen molar-refractivity contribution in [3.05, 3.63) is 5.82 Å². The van der Waals surface area contributed by atoms with Gasteiger partial charge in [0.15, 0.2) is 15.7 Å². The lowest BCUT2D eigenvalue weighted by molar-refractivity contribution is 0.418. The SMILES string of the molecule is CC(C)c1noc(NCC2CCCCS2(=O)=O)n1. The molecule has 2 rings (SSSR count). The van der Waals surface area contributed by atoms with Gasteiger partial charge in [-0.1, -0.05) is 25.4 Å². The summed E-state index contributed by atoms with van der Waals surface area (Å²) in [5.74, 6) is 1.12. The van der Waals surface area contributed by atoms with Gasteiger partial charge in [0.1, 0.15) is 0 Å². The highest BCUT2D eigenvalue weighted by Crippen LogP contribution is 2.20. The molecule has 1 aromatic rings. The molecule has 0 radical (unpaired) electrons. The van der Waals surface area contributed by atoms with E-state index < -0.39 is 9.84 Å². The second kappa shape index (κ2) is 5.26. The molecule has 18 heavy (non-hydrogen) atoms. The Morgan fingerprint density at radius 2 is 2.22 bits per heavy atom. The lowest BCUT2D eigenvalue weighted by atomic mass is 10.2. The molecule has 1 aromatic heterocycles. The minimum atomic E-state index is -2.96. The van der Waals surface area contributed by atoms with Crippen LogP contribution in [0, 0.1) is 0 Å². The molecule has 2 heterocycles. The summed E-state index contributed by atoms with van der Waals surface area (Å²) in [5.41, 5.74) is 0. The Morgan fingerprint density at radius 1 is 1.44 bits per heavy atom. The molecule has 1 aliphatic heterocycles. The third kappa shape index (κ3) is 3.01. The van der Waals surface area contributed by atoms with E-state index in [4.69, 9.17) is 4.52 Å². The average Bonchev–Trinajstić information content (AvgIpc) is 2.76. The standard InChI is InChI=1S/C11H19N3O3S/c1-8(2)10-13-11(17-14-10)12-7-9-5-3-4-6-18(9,15)16/h8-9H,3-7H2,1-2H3,(H,12,13,14). The van der Waals surface area contributed by atoms with E-state index in [1.807, 2.05) is 13.8 Å². The third-order valence-electron chi connectivity index (χ3n) is 3.15. The molecule has 0 saturated carbocycles. The van der Waals surface area contributed by atoms with Crippen molar-refractivity contribution in [2.75, 3.05) is 17.6 Å². The molecule has 0 bridgehead atoms. The van der Waals surface area contributed by atoms with Crippen molar-refractivity contribution < 1.29 is 12.9 Å². The van der Waals surface area contributed by atoms with E-state index in [0.717, 1.165) is 12.8 Å². The fourth-order valence-corrected chi connectivity index (χ4v) is 3.80. The lowest BCUT2D eigenvalue weighted by Gasteiger charge is -2.21. The molecule has 1 fully saturated rings. The van der Waals surface area contributed by atoms with Crippen LogP contribution in [0.15, 0.2) is 4.52 Å². The first-order valence-corrected chi connectivity index (χ1v) is 7.99. The van der Waals surface area contributed by atoms with Gasteiger partial charge >= 0.3 is 6.01 Å². The Labute approximate surface area is 107 Å². The van der Waals surface area contributed by atoms with Gasteiger partial charge in [-0.2, -0.15) is 4.98 Å². The van der Waals surface area contributed by atoms with Gasteiger partial charge in [0, 0.05) is 12.5 Å². The summed E-state index contributed by atoms with van der Waals surface area (Å²) in [4.78, 5) is 4.16. The Morgan fingerprint density at radius 3 is 2.83 bits per heavy atom. The summed E-state index contributed by atoms with van der Waals surface area (Å²) in [6.45, 7) is 4.29. The number of nitrogens with zero attached hydrogens (tertiary/aromatic N) is 2. The highest BCUT2D eigenvalue weighted by atomic mass is 32.2. The van der Waals surface area contributed by atoms with Gasteiger partial charge in [-0.3, -0.25) is 0 Å². The van der Waals surface area contributed by atoms with Crippen molar-refractivity contribution >= 4 is 15.9 Å². The molecule has 7 heteroatoms. The number of hydrogen-bond acceptors (Lipinski definition) is 6. The predicted molar refractivity (Wildman–Crippen MR) is 68.3 cm³/mol. The molecule has 6 nitrogen and oxygen atoms in total. The summed E-state index contributed by atoms with van der Waals surface area (Å²) in [7, 11) is -2.96. The van der Waals surface area contributed by atoms with E-state index in [1.165, 1.54) is 0 Å². The van der Waals surface area contributed by atoms with Crippen molar-refractivity contribution in [1.29, 1.82) is 0 Å². The molecular weight excluding hydrogens is 254 g/mol. The first kappa shape index (κ1) is 13.3. The van der Waals surface area contributed by atoms with Gasteiger partial charge < -0.3 is 9.84 Å². The van der Waals surface area contributed by atoms with E-state index in [2.05, 4.69) is 15.5 Å². The van der Waals surface area contributed by atoms with Gasteiger partial charge in [0.25, 0.3) is 0 Å². The first-order chi connectivity index (χ1) is 8.49. The highest BCUT2D eigenvalue weighted by Gasteiger charge is 2.28. The largest absolute Gasteiger partial charge is 0.336 e. The first-order valence-electron chi connectivity index (χ1n) is 6.28. The Balaban J connectivity index is 1.94. The van der Waals surface area contributed by atoms with Crippen LogP contribution < -0.4 is 5.32 Å². The van der Waals surface area contributed by atoms with Crippen LogP contribution in [0.2, 0.25) is 0 Å². The van der Waals surface area contributed by atoms with Gasteiger partial charge in [0.05, 0.1) is 11.0 Å². The van der Waals surface area contributed by atoms with Gasteiger partial charge in [-0.05, 0) is 12.8 Å². The van der Waals surface area contributed by atoms with Crippen LogP contribution in [0.4, 0.5) is 6.01 Å². The molecule has 102 valence electrons. The molecule has 1 N–H and O–H groups in total. The van der Waals surface area contributed by atoms with E-state index >= 15 is 0 Å². The fourth-order valence-electron chi connectivity index (χ4n) is 1.99. The molecule has 0 spiro atoms. The Hall–Kier alpha value is -1.11. The lowest BCUT2D eigenvalue weighted by Crippen LogP contribution is -2.34. The topological polar surface area (TPSA) is 85.1 Å². The maximum atomic E-state index is 11.8. The highest BCUT2D eigenvalue weighted by molar-refractivity contribution is 7.92. The van der Waals surface area contributed by atoms with Crippen molar-refractivity contribution in [2.24, 2.45) is 0 Å². The smallest absolute Gasteiger partial charge is 0.321 e. The molecule has 0 aliphatic carbocycles. The molecule has 1 unspecified atom stereocenters. The third-order valence-corrected chi connectivity index (χ3v) is 5.43. The summed E-state index contributed by atoms with van der Waals surface area (Å²) in [5, 5.41) is 6.41. The number of hydrogen-bond donors (Lipinski definition) is 1. The quantitative estimate of drug-likeness (QED) is 0.896. The van der Waals surface area contributed by atoms with Gasteiger partial charge in [-0.15, -0.1) is 0 Å². The van der Waals surface area contributed by atoms with Gasteiger partial charge in [0.2, 0.25) is 0 Å². The normalized spacial score (nSPS) is 23.2. The fraction of sp³-hybridized carbons (Fsp3) is 0.818. The number of anilines is 1. The van der Waals surface area contributed by atoms with Gasteiger partial charge in [-0.25, -0.2) is 8.42 Å². The number of nitrogens with one attached hydrogen (secondary N) is 1. The molecule has 1 saturated heterocycles. The average molecular weight is 273 g/mol. The second-order valence-electron chi connectivity index (χ2n) is 4.98. The van der Waals surface area contributed by atoms with E-state index in [9.17, 15) is 8.42 Å². The van der Waals surface area contributed by atoms with E-state index in [0.29, 0.717) is 30.6 Å². The van der Waals surface area contributed by atoms with Crippen molar-refractivity contribution in [3.8, 4) is 0 Å². The second-order valence-corrected chi connectivity index (χ2v) is 7.38. The molecule has 1 atom stereocenters. The minimum Gasteiger partial charge on any atom is -0.336 e.